The molecule has 3 atom stereocenters. The molecule has 0 aromatic carbocycles. The van der Waals surface area contributed by atoms with Gasteiger partial charge in [0.1, 0.15) is 5.60 Å². The third kappa shape index (κ3) is 1.55. The molecule has 0 radical (unpaired) electrons. The second-order valence-corrected chi connectivity index (χ2v) is 3.52. The molecule has 1 aliphatic rings. The maximum absolute atomic E-state index is 9.84. The van der Waals surface area contributed by atoms with E-state index in [-0.39, 0.29) is 6.04 Å². The van der Waals surface area contributed by atoms with E-state index in [1.54, 1.807) is 6.92 Å². The minimum absolute atomic E-state index is 0.253. The standard InChI is InChI=1S/C8H17NO2/c1-6(10)8(11)5-3-2-4-7(8)9/h6-7,10-11H,2-5,9H2,1H3. The highest BCUT2D eigenvalue weighted by molar-refractivity contribution is 4.96. The van der Waals surface area contributed by atoms with Gasteiger partial charge in [0, 0.05) is 6.04 Å². The number of hydrogen-bond donors (Lipinski definition) is 3. The van der Waals surface area contributed by atoms with E-state index in [4.69, 9.17) is 5.73 Å². The van der Waals surface area contributed by atoms with Crippen molar-refractivity contribution in [3.05, 3.63) is 0 Å². The molecule has 66 valence electrons. The Labute approximate surface area is 67.2 Å². The van der Waals surface area contributed by atoms with Gasteiger partial charge < -0.3 is 15.9 Å². The fourth-order valence-corrected chi connectivity index (χ4v) is 1.73. The first-order valence-corrected chi connectivity index (χ1v) is 4.23. The first kappa shape index (κ1) is 8.97. The van der Waals surface area contributed by atoms with Crippen molar-refractivity contribution in [3.63, 3.8) is 0 Å². The van der Waals surface area contributed by atoms with Crippen LogP contribution in [0.2, 0.25) is 0 Å². The Kier molecular flexibility index (Phi) is 2.52. The van der Waals surface area contributed by atoms with Gasteiger partial charge in [-0.3, -0.25) is 0 Å². The van der Waals surface area contributed by atoms with Crippen molar-refractivity contribution in [1.29, 1.82) is 0 Å². The summed E-state index contributed by atoms with van der Waals surface area (Å²) >= 11 is 0. The predicted molar refractivity (Wildman–Crippen MR) is 43.1 cm³/mol. The van der Waals surface area contributed by atoms with Gasteiger partial charge in [-0.05, 0) is 19.8 Å². The van der Waals surface area contributed by atoms with Crippen LogP contribution < -0.4 is 5.73 Å². The monoisotopic (exact) mass is 159 g/mol. The molecule has 0 saturated heterocycles. The van der Waals surface area contributed by atoms with Gasteiger partial charge in [0.05, 0.1) is 6.10 Å². The van der Waals surface area contributed by atoms with Gasteiger partial charge in [0.15, 0.2) is 0 Å². The van der Waals surface area contributed by atoms with Crippen LogP contribution in [0.1, 0.15) is 32.6 Å². The summed E-state index contributed by atoms with van der Waals surface area (Å²) in [5.74, 6) is 0. The molecule has 4 N–H and O–H groups in total. The lowest BCUT2D eigenvalue weighted by molar-refractivity contribution is -0.101. The SMILES string of the molecule is CC(O)C1(O)CCCCC1N. The van der Waals surface area contributed by atoms with Gasteiger partial charge in [-0.1, -0.05) is 12.8 Å². The molecule has 3 unspecified atom stereocenters. The summed E-state index contributed by atoms with van der Waals surface area (Å²) in [5.41, 5.74) is 4.67. The van der Waals surface area contributed by atoms with Gasteiger partial charge in [0.25, 0.3) is 0 Å². The zero-order valence-electron chi connectivity index (χ0n) is 6.95. The van der Waals surface area contributed by atoms with E-state index in [2.05, 4.69) is 0 Å². The van der Waals surface area contributed by atoms with Crippen molar-refractivity contribution < 1.29 is 10.2 Å². The third-order valence-electron chi connectivity index (χ3n) is 2.71. The Morgan fingerprint density at radius 2 is 2.18 bits per heavy atom. The third-order valence-corrected chi connectivity index (χ3v) is 2.71. The molecule has 11 heavy (non-hydrogen) atoms. The van der Waals surface area contributed by atoms with Gasteiger partial charge in [-0.25, -0.2) is 0 Å². The lowest BCUT2D eigenvalue weighted by Gasteiger charge is -2.39. The van der Waals surface area contributed by atoms with Crippen LogP contribution in [0.3, 0.4) is 0 Å². The van der Waals surface area contributed by atoms with E-state index >= 15 is 0 Å². The van der Waals surface area contributed by atoms with E-state index in [1.165, 1.54) is 0 Å². The highest BCUT2D eigenvalue weighted by Gasteiger charge is 2.40. The number of aliphatic hydroxyl groups is 2. The first-order chi connectivity index (χ1) is 5.07. The summed E-state index contributed by atoms with van der Waals surface area (Å²) in [5, 5.41) is 19.1. The zero-order valence-corrected chi connectivity index (χ0v) is 6.95. The van der Waals surface area contributed by atoms with Crippen LogP contribution in [0, 0.1) is 0 Å². The quantitative estimate of drug-likeness (QED) is 0.504. The van der Waals surface area contributed by atoms with Crippen LogP contribution >= 0.6 is 0 Å². The number of rotatable bonds is 1. The van der Waals surface area contributed by atoms with Crippen LogP contribution in [0.4, 0.5) is 0 Å². The van der Waals surface area contributed by atoms with Gasteiger partial charge >= 0.3 is 0 Å². The Morgan fingerprint density at radius 3 is 2.55 bits per heavy atom. The van der Waals surface area contributed by atoms with Crippen LogP contribution in [0.15, 0.2) is 0 Å². The normalized spacial score (nSPS) is 42.0. The van der Waals surface area contributed by atoms with Crippen molar-refractivity contribution in [1.82, 2.24) is 0 Å². The predicted octanol–water partition coefficient (Wildman–Crippen LogP) is -0.000400. The summed E-state index contributed by atoms with van der Waals surface area (Å²) in [6.45, 7) is 1.60. The van der Waals surface area contributed by atoms with E-state index in [0.29, 0.717) is 6.42 Å². The lowest BCUT2D eigenvalue weighted by atomic mass is 9.77. The molecule has 3 nitrogen and oxygen atoms in total. The van der Waals surface area contributed by atoms with E-state index < -0.39 is 11.7 Å². The molecule has 0 heterocycles. The lowest BCUT2D eigenvalue weighted by Crippen LogP contribution is -2.56. The molecule has 0 amide bonds. The summed E-state index contributed by atoms with van der Waals surface area (Å²) in [7, 11) is 0. The number of aliphatic hydroxyl groups excluding tert-OH is 1. The van der Waals surface area contributed by atoms with E-state index in [0.717, 1.165) is 19.3 Å². The summed E-state index contributed by atoms with van der Waals surface area (Å²) in [4.78, 5) is 0. The Morgan fingerprint density at radius 1 is 1.55 bits per heavy atom. The molecule has 1 aliphatic carbocycles. The molecule has 0 aromatic rings. The first-order valence-electron chi connectivity index (χ1n) is 4.23. The molecule has 0 aliphatic heterocycles. The number of hydrogen-bond acceptors (Lipinski definition) is 3. The summed E-state index contributed by atoms with van der Waals surface area (Å²) in [6, 6.07) is -0.253. The Balaban J connectivity index is 2.64. The molecule has 1 rings (SSSR count). The highest BCUT2D eigenvalue weighted by Crippen LogP contribution is 2.29. The van der Waals surface area contributed by atoms with E-state index in [9.17, 15) is 10.2 Å². The Hall–Kier alpha value is -0.120. The zero-order chi connectivity index (χ0) is 8.48. The average Bonchev–Trinajstić information content (AvgIpc) is 1.95. The maximum Gasteiger partial charge on any atom is 0.105 e. The largest absolute Gasteiger partial charge is 0.390 e. The smallest absolute Gasteiger partial charge is 0.105 e. The van der Waals surface area contributed by atoms with Crippen molar-refractivity contribution in [3.8, 4) is 0 Å². The van der Waals surface area contributed by atoms with Gasteiger partial charge in [0.2, 0.25) is 0 Å². The average molecular weight is 159 g/mol. The fraction of sp³-hybridized carbons (Fsp3) is 1.00. The molecule has 1 saturated carbocycles. The highest BCUT2D eigenvalue weighted by atomic mass is 16.3. The molecular formula is C8H17NO2. The fourth-order valence-electron chi connectivity index (χ4n) is 1.73. The summed E-state index contributed by atoms with van der Waals surface area (Å²) < 4.78 is 0. The minimum Gasteiger partial charge on any atom is -0.390 e. The van der Waals surface area contributed by atoms with Crippen LogP contribution in [0.25, 0.3) is 0 Å². The number of nitrogens with two attached hydrogens (primary N) is 1. The van der Waals surface area contributed by atoms with Crippen LogP contribution in [0.5, 0.6) is 0 Å². The second-order valence-electron chi connectivity index (χ2n) is 3.52. The van der Waals surface area contributed by atoms with Crippen LogP contribution in [-0.4, -0.2) is 28.0 Å². The van der Waals surface area contributed by atoms with Gasteiger partial charge in [-0.2, -0.15) is 0 Å². The summed E-state index contributed by atoms with van der Waals surface area (Å²) in [6.07, 6.45) is 2.77. The maximum atomic E-state index is 9.84. The molecule has 0 bridgehead atoms. The molecule has 0 spiro atoms. The molecule has 3 heteroatoms. The van der Waals surface area contributed by atoms with Crippen molar-refractivity contribution >= 4 is 0 Å². The molecule has 1 fully saturated rings. The molecule has 0 aromatic heterocycles. The minimum atomic E-state index is -1.03. The second kappa shape index (κ2) is 3.09. The molecular weight excluding hydrogens is 142 g/mol. The van der Waals surface area contributed by atoms with Crippen molar-refractivity contribution in [2.24, 2.45) is 5.73 Å². The van der Waals surface area contributed by atoms with E-state index in [1.807, 2.05) is 0 Å². The van der Waals surface area contributed by atoms with Crippen molar-refractivity contribution in [2.75, 3.05) is 0 Å². The van der Waals surface area contributed by atoms with Crippen LogP contribution in [-0.2, 0) is 0 Å². The van der Waals surface area contributed by atoms with Crippen molar-refractivity contribution in [2.45, 2.75) is 50.4 Å². The Bertz CT molecular complexity index is 138. The topological polar surface area (TPSA) is 66.5 Å². The van der Waals surface area contributed by atoms with Gasteiger partial charge in [-0.15, -0.1) is 0 Å².